The molecular weight excluding hydrogens is 322 g/mol. The van der Waals surface area contributed by atoms with E-state index >= 15 is 0 Å². The lowest BCUT2D eigenvalue weighted by atomic mass is 10.1. The number of rotatable bonds is 7. The predicted molar refractivity (Wildman–Crippen MR) is 94.6 cm³/mol. The number of hydrogen-bond acceptors (Lipinski definition) is 5. The molecular formula is C18H19N3O4. The van der Waals surface area contributed by atoms with Crippen LogP contribution in [0.25, 0.3) is 0 Å². The SMILES string of the molecule is Cc1ccc(/C=N\NC(=O)CCCc2ccc(O)cc2)cc1[N+](=O)[O-]. The average molecular weight is 341 g/mol. The van der Waals surface area contributed by atoms with Gasteiger partial charge in [0, 0.05) is 23.6 Å². The molecule has 7 nitrogen and oxygen atoms in total. The fraction of sp³-hybridized carbons (Fsp3) is 0.222. The van der Waals surface area contributed by atoms with Gasteiger partial charge in [-0.05, 0) is 37.5 Å². The van der Waals surface area contributed by atoms with Gasteiger partial charge in [-0.25, -0.2) is 5.43 Å². The molecule has 7 heteroatoms. The molecule has 0 atom stereocenters. The quantitative estimate of drug-likeness (QED) is 0.458. The molecule has 0 aliphatic heterocycles. The Morgan fingerprint density at radius 2 is 2.00 bits per heavy atom. The summed E-state index contributed by atoms with van der Waals surface area (Å²) >= 11 is 0. The minimum Gasteiger partial charge on any atom is -0.508 e. The number of hydrazone groups is 1. The van der Waals surface area contributed by atoms with Gasteiger partial charge in [-0.3, -0.25) is 14.9 Å². The fourth-order valence-corrected chi connectivity index (χ4v) is 2.25. The van der Waals surface area contributed by atoms with Gasteiger partial charge in [0.25, 0.3) is 5.69 Å². The van der Waals surface area contributed by atoms with Crippen molar-refractivity contribution in [3.63, 3.8) is 0 Å². The van der Waals surface area contributed by atoms with E-state index in [4.69, 9.17) is 0 Å². The topological polar surface area (TPSA) is 105 Å². The van der Waals surface area contributed by atoms with E-state index in [1.807, 2.05) is 12.1 Å². The van der Waals surface area contributed by atoms with Crippen molar-refractivity contribution in [3.8, 4) is 5.75 Å². The van der Waals surface area contributed by atoms with Crippen molar-refractivity contribution < 1.29 is 14.8 Å². The molecule has 0 saturated heterocycles. The fourth-order valence-electron chi connectivity index (χ4n) is 2.25. The van der Waals surface area contributed by atoms with E-state index < -0.39 is 4.92 Å². The number of nitro groups is 1. The summed E-state index contributed by atoms with van der Waals surface area (Å²) in [6.45, 7) is 1.66. The molecule has 0 aliphatic rings. The van der Waals surface area contributed by atoms with Gasteiger partial charge in [-0.1, -0.05) is 24.3 Å². The number of nitrogens with zero attached hydrogens (tertiary/aromatic N) is 2. The molecule has 0 unspecified atom stereocenters. The summed E-state index contributed by atoms with van der Waals surface area (Å²) in [6.07, 6.45) is 3.07. The van der Waals surface area contributed by atoms with Crippen LogP contribution in [-0.4, -0.2) is 22.2 Å². The van der Waals surface area contributed by atoms with Gasteiger partial charge in [0.2, 0.25) is 5.91 Å². The van der Waals surface area contributed by atoms with Crippen molar-refractivity contribution in [1.82, 2.24) is 5.43 Å². The number of hydrogen-bond donors (Lipinski definition) is 2. The standard InChI is InChI=1S/C18H19N3O4/c1-13-5-6-15(11-17(13)21(24)25)12-19-20-18(23)4-2-3-14-7-9-16(22)10-8-14/h5-12,22H,2-4H2,1H3,(H,20,23)/b19-12-. The summed E-state index contributed by atoms with van der Waals surface area (Å²) in [7, 11) is 0. The van der Waals surface area contributed by atoms with Gasteiger partial charge in [-0.2, -0.15) is 5.10 Å². The van der Waals surface area contributed by atoms with Crippen LogP contribution in [0.1, 0.15) is 29.5 Å². The molecule has 2 aromatic carbocycles. The van der Waals surface area contributed by atoms with Gasteiger partial charge in [0.05, 0.1) is 11.1 Å². The normalized spacial score (nSPS) is 10.8. The Balaban J connectivity index is 1.79. The third-order valence-corrected chi connectivity index (χ3v) is 3.64. The Morgan fingerprint density at radius 1 is 1.28 bits per heavy atom. The Hall–Kier alpha value is -3.22. The third kappa shape index (κ3) is 5.72. The molecule has 0 aromatic heterocycles. The van der Waals surface area contributed by atoms with Crippen LogP contribution in [0, 0.1) is 17.0 Å². The smallest absolute Gasteiger partial charge is 0.272 e. The number of nitrogens with one attached hydrogen (secondary N) is 1. The first-order valence-corrected chi connectivity index (χ1v) is 7.80. The van der Waals surface area contributed by atoms with Gasteiger partial charge >= 0.3 is 0 Å². The van der Waals surface area contributed by atoms with Crippen LogP contribution in [0.3, 0.4) is 0 Å². The van der Waals surface area contributed by atoms with E-state index in [1.165, 1.54) is 12.3 Å². The predicted octanol–water partition coefficient (Wildman–Crippen LogP) is 3.08. The van der Waals surface area contributed by atoms with E-state index in [2.05, 4.69) is 10.5 Å². The van der Waals surface area contributed by atoms with Crippen molar-refractivity contribution >= 4 is 17.8 Å². The number of aryl methyl sites for hydroxylation is 2. The second-order valence-electron chi connectivity index (χ2n) is 5.62. The van der Waals surface area contributed by atoms with E-state index in [1.54, 1.807) is 31.2 Å². The molecule has 130 valence electrons. The van der Waals surface area contributed by atoms with Crippen LogP contribution in [-0.2, 0) is 11.2 Å². The molecule has 0 spiro atoms. The number of amides is 1. The molecule has 1 amide bonds. The Kier molecular flexibility index (Phi) is 6.22. The third-order valence-electron chi connectivity index (χ3n) is 3.64. The molecule has 0 radical (unpaired) electrons. The largest absolute Gasteiger partial charge is 0.508 e. The second kappa shape index (κ2) is 8.58. The van der Waals surface area contributed by atoms with Crippen LogP contribution in [0.4, 0.5) is 5.69 Å². The zero-order valence-corrected chi connectivity index (χ0v) is 13.8. The molecule has 2 aromatic rings. The van der Waals surface area contributed by atoms with Crippen LogP contribution >= 0.6 is 0 Å². The first-order valence-electron chi connectivity index (χ1n) is 7.80. The van der Waals surface area contributed by atoms with Crippen LogP contribution in [0.5, 0.6) is 5.75 Å². The monoisotopic (exact) mass is 341 g/mol. The number of aromatic hydroxyl groups is 1. The first-order chi connectivity index (χ1) is 12.0. The van der Waals surface area contributed by atoms with Gasteiger partial charge < -0.3 is 5.11 Å². The maximum atomic E-state index is 11.7. The molecule has 2 N–H and O–H groups in total. The van der Waals surface area contributed by atoms with Gasteiger partial charge in [-0.15, -0.1) is 0 Å². The summed E-state index contributed by atoms with van der Waals surface area (Å²) in [6, 6.07) is 11.6. The zero-order valence-electron chi connectivity index (χ0n) is 13.8. The molecule has 0 fully saturated rings. The highest BCUT2D eigenvalue weighted by atomic mass is 16.6. The van der Waals surface area contributed by atoms with E-state index in [0.29, 0.717) is 24.0 Å². The zero-order chi connectivity index (χ0) is 18.2. The molecule has 2 rings (SSSR count). The van der Waals surface area contributed by atoms with Crippen molar-refractivity contribution in [2.75, 3.05) is 0 Å². The van der Waals surface area contributed by atoms with Crippen molar-refractivity contribution in [2.45, 2.75) is 26.2 Å². The minimum atomic E-state index is -0.450. The van der Waals surface area contributed by atoms with E-state index in [9.17, 15) is 20.0 Å². The maximum absolute atomic E-state index is 11.7. The maximum Gasteiger partial charge on any atom is 0.272 e. The van der Waals surface area contributed by atoms with Crippen molar-refractivity contribution in [1.29, 1.82) is 0 Å². The van der Waals surface area contributed by atoms with E-state index in [0.717, 1.165) is 12.0 Å². The lowest BCUT2D eigenvalue weighted by Crippen LogP contribution is -2.17. The number of carbonyl (C=O) groups excluding carboxylic acids is 1. The molecule has 0 saturated carbocycles. The Labute approximate surface area is 145 Å². The summed E-state index contributed by atoms with van der Waals surface area (Å²) in [4.78, 5) is 22.2. The van der Waals surface area contributed by atoms with E-state index in [-0.39, 0.29) is 17.3 Å². The van der Waals surface area contributed by atoms with Crippen LogP contribution < -0.4 is 5.43 Å². The molecule has 0 bridgehead atoms. The lowest BCUT2D eigenvalue weighted by Gasteiger charge is -2.02. The van der Waals surface area contributed by atoms with Crippen LogP contribution in [0.15, 0.2) is 47.6 Å². The summed E-state index contributed by atoms with van der Waals surface area (Å²) in [5.74, 6) is -0.0104. The number of nitro benzene ring substituents is 1. The number of phenolic OH excluding ortho intramolecular Hbond substituents is 1. The average Bonchev–Trinajstić information content (AvgIpc) is 2.58. The summed E-state index contributed by atoms with van der Waals surface area (Å²) in [5, 5.41) is 23.9. The Morgan fingerprint density at radius 3 is 2.68 bits per heavy atom. The highest BCUT2D eigenvalue weighted by molar-refractivity contribution is 5.83. The van der Waals surface area contributed by atoms with Crippen molar-refractivity contribution in [2.24, 2.45) is 5.10 Å². The lowest BCUT2D eigenvalue weighted by molar-refractivity contribution is -0.385. The minimum absolute atomic E-state index is 0.0178. The first kappa shape index (κ1) is 18.1. The number of phenols is 1. The molecule has 25 heavy (non-hydrogen) atoms. The number of benzene rings is 2. The van der Waals surface area contributed by atoms with Crippen LogP contribution in [0.2, 0.25) is 0 Å². The second-order valence-corrected chi connectivity index (χ2v) is 5.62. The van der Waals surface area contributed by atoms with Crippen molar-refractivity contribution in [3.05, 3.63) is 69.3 Å². The van der Waals surface area contributed by atoms with Gasteiger partial charge in [0.1, 0.15) is 5.75 Å². The summed E-state index contributed by atoms with van der Waals surface area (Å²) < 4.78 is 0. The Bertz CT molecular complexity index is 785. The summed E-state index contributed by atoms with van der Waals surface area (Å²) in [5.41, 5.74) is 4.58. The van der Waals surface area contributed by atoms with Gasteiger partial charge in [0.15, 0.2) is 0 Å². The highest BCUT2D eigenvalue weighted by Gasteiger charge is 2.10. The molecule has 0 aliphatic carbocycles. The highest BCUT2D eigenvalue weighted by Crippen LogP contribution is 2.18. The molecule has 0 heterocycles. The number of carbonyl (C=O) groups is 1.